The number of carbonyl (C=O) groups is 2. The molecule has 0 saturated carbocycles. The number of fused-ring (bicyclic) bond motifs is 1. The van der Waals surface area contributed by atoms with Crippen molar-refractivity contribution in [3.8, 4) is 0 Å². The van der Waals surface area contributed by atoms with Gasteiger partial charge in [-0.05, 0) is 31.2 Å². The van der Waals surface area contributed by atoms with Gasteiger partial charge in [0.2, 0.25) is 5.91 Å². The average Bonchev–Trinajstić information content (AvgIpc) is 2.94. The summed E-state index contributed by atoms with van der Waals surface area (Å²) in [6.07, 6.45) is 3.51. The molecule has 0 radical (unpaired) electrons. The highest BCUT2D eigenvalue weighted by atomic mass is 16.2. The summed E-state index contributed by atoms with van der Waals surface area (Å²) in [5, 5.41) is 7.86. The Labute approximate surface area is 163 Å². The fraction of sp³-hybridized carbons (Fsp3) is 0.136. The van der Waals surface area contributed by atoms with Gasteiger partial charge >= 0.3 is 0 Å². The van der Waals surface area contributed by atoms with Crippen LogP contribution in [-0.2, 0) is 11.3 Å². The van der Waals surface area contributed by atoms with Crippen LogP contribution in [0, 0.1) is 6.92 Å². The van der Waals surface area contributed by atoms with E-state index in [1.54, 1.807) is 30.5 Å². The van der Waals surface area contributed by atoms with Crippen LogP contribution >= 0.6 is 0 Å². The summed E-state index contributed by atoms with van der Waals surface area (Å²) < 4.78 is 2.16. The first-order valence-corrected chi connectivity index (χ1v) is 8.91. The molecule has 6 nitrogen and oxygen atoms in total. The van der Waals surface area contributed by atoms with Crippen molar-refractivity contribution in [2.75, 3.05) is 5.32 Å². The van der Waals surface area contributed by atoms with E-state index < -0.39 is 0 Å². The van der Waals surface area contributed by atoms with Crippen LogP contribution in [0.4, 0.5) is 5.69 Å². The fourth-order valence-electron chi connectivity index (χ4n) is 3.15. The standard InChI is InChI=1S/C22H22N4O2/c1-4-12-26-15(2)20(19-10-5-6-11-21(19)26)14-23-25-22(28)17-8-7-9-18(13-17)24-16(3)27/h4-11,13-14H,1,12H2,2-3H3,(H,24,27)(H,25,28). The van der Waals surface area contributed by atoms with Crippen LogP contribution in [0.25, 0.3) is 10.9 Å². The molecule has 0 aliphatic carbocycles. The first kappa shape index (κ1) is 19.1. The number of anilines is 1. The molecule has 0 aliphatic heterocycles. The van der Waals surface area contributed by atoms with Gasteiger partial charge in [-0.2, -0.15) is 5.10 Å². The van der Waals surface area contributed by atoms with E-state index in [9.17, 15) is 9.59 Å². The molecule has 2 aromatic carbocycles. The molecule has 6 heteroatoms. The molecule has 0 atom stereocenters. The summed E-state index contributed by atoms with van der Waals surface area (Å²) in [6.45, 7) is 7.95. The number of aromatic nitrogens is 1. The smallest absolute Gasteiger partial charge is 0.271 e. The molecule has 0 aliphatic rings. The molecule has 2 N–H and O–H groups in total. The van der Waals surface area contributed by atoms with E-state index in [0.717, 1.165) is 22.2 Å². The molecule has 0 fully saturated rings. The van der Waals surface area contributed by atoms with E-state index in [1.807, 2.05) is 31.2 Å². The first-order valence-electron chi connectivity index (χ1n) is 8.91. The van der Waals surface area contributed by atoms with E-state index in [-0.39, 0.29) is 11.8 Å². The van der Waals surface area contributed by atoms with Crippen molar-refractivity contribution < 1.29 is 9.59 Å². The Hall–Kier alpha value is -3.67. The SMILES string of the molecule is C=CCn1c(C)c(C=NNC(=O)c2cccc(NC(C)=O)c2)c2ccccc21. The lowest BCUT2D eigenvalue weighted by Crippen LogP contribution is -2.18. The largest absolute Gasteiger partial charge is 0.340 e. The van der Waals surface area contributed by atoms with Crippen molar-refractivity contribution in [1.82, 2.24) is 9.99 Å². The minimum Gasteiger partial charge on any atom is -0.340 e. The van der Waals surface area contributed by atoms with Crippen LogP contribution in [0.3, 0.4) is 0 Å². The summed E-state index contributed by atoms with van der Waals surface area (Å²) in [6, 6.07) is 14.7. The second-order valence-electron chi connectivity index (χ2n) is 6.38. The quantitative estimate of drug-likeness (QED) is 0.391. The van der Waals surface area contributed by atoms with Crippen molar-refractivity contribution in [3.05, 3.63) is 78.0 Å². The fourth-order valence-corrected chi connectivity index (χ4v) is 3.15. The Morgan fingerprint density at radius 2 is 1.96 bits per heavy atom. The summed E-state index contributed by atoms with van der Waals surface area (Å²) in [7, 11) is 0. The summed E-state index contributed by atoms with van der Waals surface area (Å²) >= 11 is 0. The van der Waals surface area contributed by atoms with Gasteiger partial charge < -0.3 is 9.88 Å². The number of hydrogen-bond donors (Lipinski definition) is 2. The lowest BCUT2D eigenvalue weighted by atomic mass is 10.1. The Balaban J connectivity index is 1.82. The maximum atomic E-state index is 12.4. The van der Waals surface area contributed by atoms with Crippen molar-refractivity contribution in [2.45, 2.75) is 20.4 Å². The van der Waals surface area contributed by atoms with Crippen LogP contribution in [0.15, 0.2) is 66.3 Å². The number of hydrazone groups is 1. The Morgan fingerprint density at radius 3 is 2.71 bits per heavy atom. The molecule has 1 aromatic heterocycles. The third-order valence-electron chi connectivity index (χ3n) is 4.40. The summed E-state index contributed by atoms with van der Waals surface area (Å²) in [5.74, 6) is -0.544. The number of benzene rings is 2. The first-order chi connectivity index (χ1) is 13.5. The van der Waals surface area contributed by atoms with Gasteiger partial charge in [0, 0.05) is 46.9 Å². The zero-order valence-corrected chi connectivity index (χ0v) is 15.9. The highest BCUT2D eigenvalue weighted by Crippen LogP contribution is 2.24. The molecule has 0 bridgehead atoms. The summed E-state index contributed by atoms with van der Waals surface area (Å²) in [5.41, 5.74) is 6.61. The summed E-state index contributed by atoms with van der Waals surface area (Å²) in [4.78, 5) is 23.5. The lowest BCUT2D eigenvalue weighted by Gasteiger charge is -2.05. The van der Waals surface area contributed by atoms with Gasteiger partial charge in [0.05, 0.1) is 6.21 Å². The molecule has 3 rings (SSSR count). The number of allylic oxidation sites excluding steroid dienone is 1. The van der Waals surface area contributed by atoms with Crippen molar-refractivity contribution in [3.63, 3.8) is 0 Å². The van der Waals surface area contributed by atoms with E-state index in [1.165, 1.54) is 6.92 Å². The molecule has 3 aromatic rings. The van der Waals surface area contributed by atoms with Gasteiger partial charge in [-0.1, -0.05) is 30.3 Å². The lowest BCUT2D eigenvalue weighted by molar-refractivity contribution is -0.114. The van der Waals surface area contributed by atoms with Gasteiger partial charge in [0.25, 0.3) is 5.91 Å². The van der Waals surface area contributed by atoms with E-state index in [0.29, 0.717) is 17.8 Å². The van der Waals surface area contributed by atoms with Crippen molar-refractivity contribution in [1.29, 1.82) is 0 Å². The van der Waals surface area contributed by atoms with E-state index >= 15 is 0 Å². The highest BCUT2D eigenvalue weighted by molar-refractivity contribution is 6.02. The molecule has 2 amide bonds. The van der Waals surface area contributed by atoms with Crippen LogP contribution < -0.4 is 10.7 Å². The van der Waals surface area contributed by atoms with E-state index in [2.05, 4.69) is 33.1 Å². The molecule has 1 heterocycles. The third-order valence-corrected chi connectivity index (χ3v) is 4.40. The molecule has 28 heavy (non-hydrogen) atoms. The Kier molecular flexibility index (Phi) is 5.69. The number of hydrogen-bond acceptors (Lipinski definition) is 3. The maximum absolute atomic E-state index is 12.4. The van der Waals surface area contributed by atoms with Gasteiger partial charge in [-0.3, -0.25) is 9.59 Å². The van der Waals surface area contributed by atoms with Gasteiger partial charge in [0.1, 0.15) is 0 Å². The van der Waals surface area contributed by atoms with Gasteiger partial charge in [-0.25, -0.2) is 5.43 Å². The van der Waals surface area contributed by atoms with Gasteiger partial charge in [-0.15, -0.1) is 6.58 Å². The molecule has 142 valence electrons. The normalized spacial score (nSPS) is 10.9. The molecular formula is C22H22N4O2. The third kappa shape index (κ3) is 4.01. The van der Waals surface area contributed by atoms with Crippen molar-refractivity contribution in [2.24, 2.45) is 5.10 Å². The number of para-hydroxylation sites is 1. The molecular weight excluding hydrogens is 352 g/mol. The van der Waals surface area contributed by atoms with E-state index in [4.69, 9.17) is 0 Å². The monoisotopic (exact) mass is 374 g/mol. The number of amides is 2. The van der Waals surface area contributed by atoms with Crippen LogP contribution in [0.2, 0.25) is 0 Å². The number of nitrogens with zero attached hydrogens (tertiary/aromatic N) is 2. The minimum atomic E-state index is -0.351. The van der Waals surface area contributed by atoms with Crippen LogP contribution in [0.1, 0.15) is 28.5 Å². The maximum Gasteiger partial charge on any atom is 0.271 e. The molecule has 0 spiro atoms. The Bertz CT molecular complexity index is 1080. The number of rotatable bonds is 6. The zero-order valence-electron chi connectivity index (χ0n) is 15.9. The number of nitrogens with one attached hydrogen (secondary N) is 2. The van der Waals surface area contributed by atoms with Gasteiger partial charge in [0.15, 0.2) is 0 Å². The predicted molar refractivity (Wildman–Crippen MR) is 113 cm³/mol. The topological polar surface area (TPSA) is 75.5 Å². The molecule has 0 saturated heterocycles. The predicted octanol–water partition coefficient (Wildman–Crippen LogP) is 3.86. The Morgan fingerprint density at radius 1 is 1.18 bits per heavy atom. The minimum absolute atomic E-state index is 0.193. The zero-order chi connectivity index (χ0) is 20.1. The molecule has 0 unspecified atom stereocenters. The van der Waals surface area contributed by atoms with Crippen LogP contribution in [0.5, 0.6) is 0 Å². The van der Waals surface area contributed by atoms with Crippen molar-refractivity contribution >= 4 is 34.6 Å². The average molecular weight is 374 g/mol. The number of carbonyl (C=O) groups excluding carboxylic acids is 2. The highest BCUT2D eigenvalue weighted by Gasteiger charge is 2.11. The second kappa shape index (κ2) is 8.35. The van der Waals surface area contributed by atoms with Crippen LogP contribution in [-0.4, -0.2) is 22.6 Å². The second-order valence-corrected chi connectivity index (χ2v) is 6.38.